The van der Waals surface area contributed by atoms with E-state index in [-0.39, 0.29) is 0 Å². The molecule has 0 aromatic heterocycles. The highest BCUT2D eigenvalue weighted by Crippen LogP contribution is 2.42. The fraction of sp³-hybridized carbons (Fsp3) is 0.500. The van der Waals surface area contributed by atoms with Crippen molar-refractivity contribution in [2.24, 2.45) is 0 Å². The smallest absolute Gasteiger partial charge is 0.333 e. The Kier molecular flexibility index (Phi) is 7.90. The van der Waals surface area contributed by atoms with Gasteiger partial charge in [-0.25, -0.2) is 0 Å². The van der Waals surface area contributed by atoms with Gasteiger partial charge in [-0.05, 0) is 36.3 Å². The summed E-state index contributed by atoms with van der Waals surface area (Å²) in [5.74, 6) is 0. The highest BCUT2D eigenvalue weighted by molar-refractivity contribution is 7.09. The molecule has 0 aliphatic heterocycles. The van der Waals surface area contributed by atoms with Crippen molar-refractivity contribution in [2.45, 2.75) is 77.7 Å². The van der Waals surface area contributed by atoms with Crippen molar-refractivity contribution in [2.75, 3.05) is 0 Å². The molecule has 0 aliphatic carbocycles. The van der Waals surface area contributed by atoms with Gasteiger partial charge in [0.15, 0.2) is 0 Å². The first-order valence-electron chi connectivity index (χ1n) is 10.7. The van der Waals surface area contributed by atoms with Crippen LogP contribution in [0.2, 0.25) is 50.6 Å². The van der Waals surface area contributed by atoms with Crippen molar-refractivity contribution in [3.8, 4) is 0 Å². The summed E-state index contributed by atoms with van der Waals surface area (Å²) in [6, 6.07) is 17.4. The van der Waals surface area contributed by atoms with Crippen LogP contribution in [0.5, 0.6) is 0 Å². The summed E-state index contributed by atoms with van der Waals surface area (Å²) in [7, 11) is -5.38. The van der Waals surface area contributed by atoms with Crippen LogP contribution in [-0.4, -0.2) is 24.7 Å². The number of hydrogen-bond acceptors (Lipinski definition) is 2. The highest BCUT2D eigenvalue weighted by Gasteiger charge is 2.54. The van der Waals surface area contributed by atoms with Gasteiger partial charge in [0.1, 0.15) is 0 Å². The van der Waals surface area contributed by atoms with Crippen LogP contribution in [0, 0.1) is 13.8 Å². The van der Waals surface area contributed by atoms with Crippen LogP contribution in [-0.2, 0) is 22.1 Å². The molecule has 0 N–H and O–H groups in total. The lowest BCUT2D eigenvalue weighted by atomic mass is 10.2. The third-order valence-electron chi connectivity index (χ3n) is 5.55. The molecule has 160 valence electrons. The van der Waals surface area contributed by atoms with Gasteiger partial charge >= 0.3 is 8.56 Å². The number of benzene rings is 2. The molecule has 5 heteroatoms. The summed E-state index contributed by atoms with van der Waals surface area (Å²) in [4.78, 5) is 0.610. The quantitative estimate of drug-likeness (QED) is 0.380. The maximum Gasteiger partial charge on any atom is 0.333 e. The zero-order chi connectivity index (χ0) is 21.9. The largest absolute Gasteiger partial charge is 0.390 e. The summed E-state index contributed by atoms with van der Waals surface area (Å²) in [6.07, 6.45) is 0. The molecule has 0 bridgehead atoms. The third-order valence-corrected chi connectivity index (χ3v) is 25.0. The molecule has 0 atom stereocenters. The molecular weight excluding hydrogens is 405 g/mol. The van der Waals surface area contributed by atoms with Gasteiger partial charge in [-0.1, -0.05) is 98.9 Å². The molecule has 0 aliphatic rings. The monoisotopic (exact) mass is 444 g/mol. The number of aryl methyl sites for hydroxylation is 2. The summed E-state index contributed by atoms with van der Waals surface area (Å²) in [6.45, 7) is 22.8. The van der Waals surface area contributed by atoms with E-state index in [2.05, 4.69) is 108 Å². The summed E-state index contributed by atoms with van der Waals surface area (Å²) in [5.41, 5.74) is 5.04. The summed E-state index contributed by atoms with van der Waals surface area (Å²) in [5, 5.41) is 0. The van der Waals surface area contributed by atoms with Gasteiger partial charge < -0.3 is 8.85 Å². The zero-order valence-corrected chi connectivity index (χ0v) is 22.9. The van der Waals surface area contributed by atoms with Crippen molar-refractivity contribution in [1.29, 1.82) is 0 Å². The van der Waals surface area contributed by atoms with Gasteiger partial charge in [-0.15, -0.1) is 0 Å². The minimum Gasteiger partial charge on any atom is -0.390 e. The summed E-state index contributed by atoms with van der Waals surface area (Å²) >= 11 is 0. The third kappa shape index (κ3) is 7.03. The van der Waals surface area contributed by atoms with Crippen LogP contribution < -0.4 is 0 Å². The molecule has 2 rings (SSSR count). The Morgan fingerprint density at radius 1 is 0.586 bits per heavy atom. The SMILES string of the molecule is Cc1ccc(CO[Si](C)(OCc2ccc(C)cc2)C([Si](C)(C)C)[Si](C)(C)C)cc1. The van der Waals surface area contributed by atoms with Crippen LogP contribution in [0.4, 0.5) is 0 Å². The van der Waals surface area contributed by atoms with Gasteiger partial charge in [0, 0.05) is 16.1 Å². The van der Waals surface area contributed by atoms with Gasteiger partial charge in [0.05, 0.1) is 13.2 Å². The van der Waals surface area contributed by atoms with Gasteiger partial charge in [0.2, 0.25) is 0 Å². The minimum atomic E-state index is -2.42. The van der Waals surface area contributed by atoms with Gasteiger partial charge in [-0.2, -0.15) is 0 Å². The minimum absolute atomic E-state index is 0.610. The molecule has 0 saturated carbocycles. The molecule has 2 aromatic carbocycles. The Bertz CT molecular complexity index is 708. The van der Waals surface area contributed by atoms with E-state index in [1.165, 1.54) is 22.3 Å². The first-order chi connectivity index (χ1) is 13.3. The van der Waals surface area contributed by atoms with E-state index in [1.54, 1.807) is 0 Å². The second kappa shape index (κ2) is 9.43. The van der Waals surface area contributed by atoms with Gasteiger partial charge in [0.25, 0.3) is 0 Å². The van der Waals surface area contributed by atoms with Crippen molar-refractivity contribution >= 4 is 24.7 Å². The zero-order valence-electron chi connectivity index (χ0n) is 19.9. The second-order valence-electron chi connectivity index (χ2n) is 10.7. The summed E-state index contributed by atoms with van der Waals surface area (Å²) < 4.78 is 13.6. The van der Waals surface area contributed by atoms with E-state index >= 15 is 0 Å². The van der Waals surface area contributed by atoms with Gasteiger partial charge in [-0.3, -0.25) is 0 Å². The predicted molar refractivity (Wildman–Crippen MR) is 134 cm³/mol. The van der Waals surface area contributed by atoms with E-state index in [0.29, 0.717) is 18.0 Å². The Morgan fingerprint density at radius 3 is 1.17 bits per heavy atom. The molecule has 0 heterocycles. The highest BCUT2D eigenvalue weighted by atomic mass is 28.5. The molecule has 0 unspecified atom stereocenters. The fourth-order valence-corrected chi connectivity index (χ4v) is 30.2. The lowest BCUT2D eigenvalue weighted by molar-refractivity contribution is 0.159. The Hall–Kier alpha value is -0.989. The van der Waals surface area contributed by atoms with Crippen molar-refractivity contribution in [3.63, 3.8) is 0 Å². The lowest BCUT2D eigenvalue weighted by Crippen LogP contribution is -2.61. The molecule has 0 fully saturated rings. The van der Waals surface area contributed by atoms with E-state index in [9.17, 15) is 0 Å². The van der Waals surface area contributed by atoms with Crippen LogP contribution in [0.1, 0.15) is 22.3 Å². The van der Waals surface area contributed by atoms with Crippen LogP contribution in [0.25, 0.3) is 0 Å². The van der Waals surface area contributed by atoms with E-state index in [0.717, 1.165) is 0 Å². The molecule has 0 saturated heterocycles. The fourth-order valence-electron chi connectivity index (χ4n) is 4.90. The molecule has 0 spiro atoms. The molecule has 0 amide bonds. The molecule has 2 aromatic rings. The first kappa shape index (κ1) is 24.3. The maximum absolute atomic E-state index is 6.80. The van der Waals surface area contributed by atoms with Crippen LogP contribution >= 0.6 is 0 Å². The van der Waals surface area contributed by atoms with Crippen LogP contribution in [0.3, 0.4) is 0 Å². The van der Waals surface area contributed by atoms with Crippen molar-refractivity contribution < 1.29 is 8.85 Å². The standard InChI is InChI=1S/C24H40O2Si3/c1-20-10-14-22(15-11-20)18-25-29(9,24(27(3,4)5)28(6,7)8)26-19-23-16-12-21(2)13-17-23/h10-17,24H,18-19H2,1-9H3. The molecule has 0 radical (unpaired) electrons. The molecular formula is C24H40O2Si3. The van der Waals surface area contributed by atoms with E-state index in [1.807, 2.05) is 0 Å². The first-order valence-corrected chi connectivity index (χ1v) is 20.3. The van der Waals surface area contributed by atoms with E-state index < -0.39 is 24.7 Å². The van der Waals surface area contributed by atoms with Crippen molar-refractivity contribution in [1.82, 2.24) is 0 Å². The van der Waals surface area contributed by atoms with Crippen molar-refractivity contribution in [3.05, 3.63) is 70.8 Å². The number of hydrogen-bond donors (Lipinski definition) is 0. The number of rotatable bonds is 9. The maximum atomic E-state index is 6.80. The lowest BCUT2D eigenvalue weighted by Gasteiger charge is -2.47. The predicted octanol–water partition coefficient (Wildman–Crippen LogP) is 7.23. The Morgan fingerprint density at radius 2 is 0.897 bits per heavy atom. The van der Waals surface area contributed by atoms with Crippen LogP contribution in [0.15, 0.2) is 48.5 Å². The molecule has 2 nitrogen and oxygen atoms in total. The second-order valence-corrected chi connectivity index (χ2v) is 26.3. The van der Waals surface area contributed by atoms with E-state index in [4.69, 9.17) is 8.85 Å². The normalized spacial score (nSPS) is 13.2. The average molecular weight is 445 g/mol. The Labute approximate surface area is 181 Å². The Balaban J connectivity index is 2.30. The molecule has 29 heavy (non-hydrogen) atoms. The average Bonchev–Trinajstić information content (AvgIpc) is 2.58. The topological polar surface area (TPSA) is 18.5 Å².